The molecule has 2 N–H and O–H groups in total. The Bertz CT molecular complexity index is 566. The number of aryl methyl sites for hydroxylation is 1. The second kappa shape index (κ2) is 4.12. The molecule has 2 aromatic rings. The number of halogens is 1. The molecule has 90 valence electrons. The molecule has 1 saturated heterocycles. The Morgan fingerprint density at radius 2 is 2.35 bits per heavy atom. The molecule has 0 amide bonds. The lowest BCUT2D eigenvalue weighted by atomic mass is 10.2. The van der Waals surface area contributed by atoms with Gasteiger partial charge >= 0.3 is 0 Å². The first-order chi connectivity index (χ1) is 8.13. The predicted molar refractivity (Wildman–Crippen MR) is 74.2 cm³/mol. The molecule has 3 rings (SSSR count). The second-order valence-electron chi connectivity index (χ2n) is 4.56. The molecular formula is C12H14ClN3S. The first kappa shape index (κ1) is 11.3. The average molecular weight is 268 g/mol. The quantitative estimate of drug-likeness (QED) is 0.864. The summed E-state index contributed by atoms with van der Waals surface area (Å²) in [5.74, 6) is 0. The van der Waals surface area contributed by atoms with Crippen LogP contribution in [-0.2, 0) is 0 Å². The number of nitrogens with zero attached hydrogens (tertiary/aromatic N) is 2. The zero-order chi connectivity index (χ0) is 12.0. The summed E-state index contributed by atoms with van der Waals surface area (Å²) in [4.78, 5) is 6.97. The molecule has 1 aliphatic heterocycles. The van der Waals surface area contributed by atoms with Crippen molar-refractivity contribution in [2.45, 2.75) is 19.4 Å². The summed E-state index contributed by atoms with van der Waals surface area (Å²) in [6.07, 6.45) is 1.05. The zero-order valence-electron chi connectivity index (χ0n) is 9.61. The summed E-state index contributed by atoms with van der Waals surface area (Å²) < 4.78 is 1.16. The van der Waals surface area contributed by atoms with Gasteiger partial charge in [-0.3, -0.25) is 0 Å². The van der Waals surface area contributed by atoms with Crippen molar-refractivity contribution in [1.29, 1.82) is 0 Å². The zero-order valence-corrected chi connectivity index (χ0v) is 11.2. The van der Waals surface area contributed by atoms with Crippen LogP contribution in [0, 0.1) is 6.92 Å². The predicted octanol–water partition coefficient (Wildman–Crippen LogP) is 2.80. The number of fused-ring (bicyclic) bond motifs is 1. The molecule has 1 unspecified atom stereocenters. The van der Waals surface area contributed by atoms with Crippen LogP contribution in [0.1, 0.15) is 12.0 Å². The highest BCUT2D eigenvalue weighted by Crippen LogP contribution is 2.33. The third-order valence-corrected chi connectivity index (χ3v) is 4.42. The van der Waals surface area contributed by atoms with Gasteiger partial charge in [0, 0.05) is 24.2 Å². The summed E-state index contributed by atoms with van der Waals surface area (Å²) >= 11 is 7.76. The van der Waals surface area contributed by atoms with Crippen LogP contribution < -0.4 is 10.6 Å². The molecule has 3 nitrogen and oxygen atoms in total. The molecule has 1 fully saturated rings. The molecule has 0 saturated carbocycles. The average Bonchev–Trinajstić information content (AvgIpc) is 2.83. The van der Waals surface area contributed by atoms with Crippen molar-refractivity contribution in [2.24, 2.45) is 5.73 Å². The van der Waals surface area contributed by atoms with E-state index in [1.54, 1.807) is 11.3 Å². The summed E-state index contributed by atoms with van der Waals surface area (Å²) in [5.41, 5.74) is 8.13. The number of rotatable bonds is 1. The SMILES string of the molecule is Cc1cc(Cl)cc2sc(N3CCC(N)C3)nc12. The number of hydrogen-bond acceptors (Lipinski definition) is 4. The molecule has 1 aromatic carbocycles. The van der Waals surface area contributed by atoms with Crippen molar-refractivity contribution in [3.8, 4) is 0 Å². The van der Waals surface area contributed by atoms with Crippen LogP contribution >= 0.6 is 22.9 Å². The van der Waals surface area contributed by atoms with Crippen LogP contribution in [0.2, 0.25) is 5.02 Å². The van der Waals surface area contributed by atoms with Crippen LogP contribution in [0.3, 0.4) is 0 Å². The fourth-order valence-electron chi connectivity index (χ4n) is 2.24. The van der Waals surface area contributed by atoms with E-state index in [1.807, 2.05) is 19.1 Å². The van der Waals surface area contributed by atoms with Gasteiger partial charge in [-0.2, -0.15) is 0 Å². The molecule has 17 heavy (non-hydrogen) atoms. The van der Waals surface area contributed by atoms with Crippen molar-refractivity contribution in [3.63, 3.8) is 0 Å². The summed E-state index contributed by atoms with van der Waals surface area (Å²) in [7, 11) is 0. The van der Waals surface area contributed by atoms with Crippen LogP contribution in [0.15, 0.2) is 12.1 Å². The van der Waals surface area contributed by atoms with E-state index < -0.39 is 0 Å². The third kappa shape index (κ3) is 2.01. The number of anilines is 1. The summed E-state index contributed by atoms with van der Waals surface area (Å²) in [5, 5.41) is 1.85. The number of benzene rings is 1. The monoisotopic (exact) mass is 267 g/mol. The molecule has 1 aromatic heterocycles. The maximum absolute atomic E-state index is 6.06. The molecule has 0 bridgehead atoms. The van der Waals surface area contributed by atoms with E-state index >= 15 is 0 Å². The van der Waals surface area contributed by atoms with Gasteiger partial charge in [0.2, 0.25) is 0 Å². The highest BCUT2D eigenvalue weighted by molar-refractivity contribution is 7.22. The van der Waals surface area contributed by atoms with Gasteiger partial charge in [0.1, 0.15) is 0 Å². The molecule has 5 heteroatoms. The standard InChI is InChI=1S/C12H14ClN3S/c1-7-4-8(13)5-10-11(7)15-12(17-10)16-3-2-9(14)6-16/h4-5,9H,2-3,6,14H2,1H3. The fraction of sp³-hybridized carbons (Fsp3) is 0.417. The first-order valence-corrected chi connectivity index (χ1v) is 6.90. The Morgan fingerprint density at radius 1 is 1.53 bits per heavy atom. The highest BCUT2D eigenvalue weighted by atomic mass is 35.5. The van der Waals surface area contributed by atoms with E-state index in [1.165, 1.54) is 0 Å². The minimum Gasteiger partial charge on any atom is -0.346 e. The molecule has 0 spiro atoms. The van der Waals surface area contributed by atoms with Gasteiger partial charge in [-0.05, 0) is 31.0 Å². The molecule has 0 aliphatic carbocycles. The Kier molecular flexibility index (Phi) is 2.73. The van der Waals surface area contributed by atoms with E-state index in [0.717, 1.165) is 45.4 Å². The van der Waals surface area contributed by atoms with Gasteiger partial charge < -0.3 is 10.6 Å². The third-order valence-electron chi connectivity index (χ3n) is 3.13. The topological polar surface area (TPSA) is 42.1 Å². The minimum atomic E-state index is 0.284. The van der Waals surface area contributed by atoms with E-state index in [0.29, 0.717) is 0 Å². The molecule has 1 atom stereocenters. The number of nitrogens with two attached hydrogens (primary N) is 1. The molecular weight excluding hydrogens is 254 g/mol. The van der Waals surface area contributed by atoms with Crippen LogP contribution in [0.5, 0.6) is 0 Å². The maximum Gasteiger partial charge on any atom is 0.186 e. The molecule has 1 aliphatic rings. The molecule has 2 heterocycles. The van der Waals surface area contributed by atoms with Crippen LogP contribution in [0.4, 0.5) is 5.13 Å². The number of hydrogen-bond donors (Lipinski definition) is 1. The maximum atomic E-state index is 6.06. The van der Waals surface area contributed by atoms with Crippen molar-refractivity contribution in [3.05, 3.63) is 22.7 Å². The lowest BCUT2D eigenvalue weighted by molar-refractivity contribution is 0.752. The van der Waals surface area contributed by atoms with Gasteiger partial charge in [-0.1, -0.05) is 22.9 Å². The van der Waals surface area contributed by atoms with Gasteiger partial charge in [-0.25, -0.2) is 4.98 Å². The Balaban J connectivity index is 2.04. The number of aromatic nitrogens is 1. The summed E-state index contributed by atoms with van der Waals surface area (Å²) in [6, 6.07) is 4.23. The smallest absolute Gasteiger partial charge is 0.186 e. The van der Waals surface area contributed by atoms with Crippen LogP contribution in [0.25, 0.3) is 10.2 Å². The molecule has 0 radical (unpaired) electrons. The lowest BCUT2D eigenvalue weighted by Gasteiger charge is -2.12. The first-order valence-electron chi connectivity index (χ1n) is 5.71. The largest absolute Gasteiger partial charge is 0.346 e. The van der Waals surface area contributed by atoms with Gasteiger partial charge in [0.05, 0.1) is 10.2 Å². The van der Waals surface area contributed by atoms with Gasteiger partial charge in [-0.15, -0.1) is 0 Å². The van der Waals surface area contributed by atoms with Gasteiger partial charge in [0.25, 0.3) is 0 Å². The lowest BCUT2D eigenvalue weighted by Crippen LogP contribution is -2.26. The van der Waals surface area contributed by atoms with Gasteiger partial charge in [0.15, 0.2) is 5.13 Å². The van der Waals surface area contributed by atoms with Crippen molar-refractivity contribution >= 4 is 38.3 Å². The Labute approximate surface area is 109 Å². The van der Waals surface area contributed by atoms with E-state index in [9.17, 15) is 0 Å². The second-order valence-corrected chi connectivity index (χ2v) is 6.01. The van der Waals surface area contributed by atoms with E-state index in [4.69, 9.17) is 22.3 Å². The highest BCUT2D eigenvalue weighted by Gasteiger charge is 2.22. The fourth-order valence-corrected chi connectivity index (χ4v) is 3.69. The Morgan fingerprint density at radius 3 is 3.06 bits per heavy atom. The van der Waals surface area contributed by atoms with Crippen molar-refractivity contribution in [1.82, 2.24) is 4.98 Å². The van der Waals surface area contributed by atoms with E-state index in [2.05, 4.69) is 4.90 Å². The van der Waals surface area contributed by atoms with Crippen LogP contribution in [-0.4, -0.2) is 24.1 Å². The van der Waals surface area contributed by atoms with E-state index in [-0.39, 0.29) is 6.04 Å². The Hall–Kier alpha value is -0.840. The minimum absolute atomic E-state index is 0.284. The summed E-state index contributed by atoms with van der Waals surface area (Å²) in [6.45, 7) is 3.97. The number of thiazole rings is 1. The normalized spacial score (nSPS) is 20.4. The van der Waals surface area contributed by atoms with Crippen molar-refractivity contribution < 1.29 is 0 Å². The van der Waals surface area contributed by atoms with Crippen molar-refractivity contribution in [2.75, 3.05) is 18.0 Å².